The van der Waals surface area contributed by atoms with E-state index in [4.69, 9.17) is 11.3 Å². The normalized spacial score (nSPS) is 21.9. The van der Waals surface area contributed by atoms with Crippen LogP contribution >= 0.6 is 0 Å². The summed E-state index contributed by atoms with van der Waals surface area (Å²) >= 11 is 0. The van der Waals surface area contributed by atoms with Crippen molar-refractivity contribution in [3.63, 3.8) is 0 Å². The Labute approximate surface area is 167 Å². The van der Waals surface area contributed by atoms with Crippen LogP contribution in [-0.2, 0) is 6.42 Å². The van der Waals surface area contributed by atoms with Gasteiger partial charge in [-0.15, -0.1) is 0 Å². The van der Waals surface area contributed by atoms with Crippen LogP contribution in [0.2, 0.25) is 0 Å². The summed E-state index contributed by atoms with van der Waals surface area (Å²) in [6.07, 6.45) is 10.3. The first-order chi connectivity index (χ1) is 13.5. The molecule has 0 amide bonds. The van der Waals surface area contributed by atoms with E-state index in [1.54, 1.807) is 0 Å². The number of anilines is 1. The molecule has 0 atom stereocenters. The second-order valence-electron chi connectivity index (χ2n) is 8.63. The third kappa shape index (κ3) is 3.56. The third-order valence-electron chi connectivity index (χ3n) is 5.71. The molecule has 0 saturated carbocycles. The highest BCUT2D eigenvalue weighted by Gasteiger charge is 2.27. The van der Waals surface area contributed by atoms with Gasteiger partial charge in [0.1, 0.15) is 12.4 Å². The minimum atomic E-state index is 0.0437. The van der Waals surface area contributed by atoms with Crippen LogP contribution in [0.4, 0.5) is 5.69 Å². The smallest absolute Gasteiger partial charge is 0.265 e. The van der Waals surface area contributed by atoms with Crippen LogP contribution in [0.5, 0.6) is 5.75 Å². The largest absolute Gasteiger partial charge is 0.490 e. The lowest BCUT2D eigenvalue weighted by molar-refractivity contribution is 0.304. The van der Waals surface area contributed by atoms with Gasteiger partial charge in [0.15, 0.2) is 0 Å². The number of hydrogen-bond acceptors (Lipinski definition) is 3. The predicted octanol–water partition coefficient (Wildman–Crippen LogP) is 5.29. The molecule has 142 valence electrons. The molecule has 4 rings (SSSR count). The molecule has 1 aliphatic carbocycles. The summed E-state index contributed by atoms with van der Waals surface area (Å²) in [6, 6.07) is 6.46. The molecular formula is C24H25N3O. The lowest BCUT2D eigenvalue weighted by Gasteiger charge is -2.36. The molecule has 0 spiro atoms. The van der Waals surface area contributed by atoms with E-state index in [9.17, 15) is 5.26 Å². The molecule has 0 N–H and O–H groups in total. The molecule has 1 aromatic rings. The second-order valence-corrected chi connectivity index (χ2v) is 8.63. The number of nitrogens with zero attached hydrogens (tertiary/aromatic N) is 3. The quantitative estimate of drug-likeness (QED) is 0.524. The Morgan fingerprint density at radius 2 is 2.14 bits per heavy atom. The number of aryl methyl sites for hydroxylation is 1. The molecule has 0 radical (unpaired) electrons. The lowest BCUT2D eigenvalue weighted by atomic mass is 9.74. The Morgan fingerprint density at radius 1 is 1.29 bits per heavy atom. The molecule has 0 unspecified atom stereocenters. The number of allylic oxidation sites excluding steroid dienone is 5. The fourth-order valence-electron chi connectivity index (χ4n) is 4.59. The van der Waals surface area contributed by atoms with Crippen molar-refractivity contribution in [1.82, 2.24) is 0 Å². The average Bonchev–Trinajstić information content (AvgIpc) is 2.67. The summed E-state index contributed by atoms with van der Waals surface area (Å²) in [7, 11) is 0. The summed E-state index contributed by atoms with van der Waals surface area (Å²) in [5.74, 6) is 1.00. The zero-order chi connectivity index (χ0) is 19.7. The molecule has 1 aromatic carbocycles. The number of ether oxygens (including phenoxy) is 1. The summed E-state index contributed by atoms with van der Waals surface area (Å²) in [5, 5.41) is 9.25. The van der Waals surface area contributed by atoms with Crippen molar-refractivity contribution in [2.75, 3.05) is 24.6 Å². The lowest BCUT2D eigenvalue weighted by Crippen LogP contribution is -2.36. The number of nitriles is 1. The monoisotopic (exact) mass is 371 g/mol. The van der Waals surface area contributed by atoms with Gasteiger partial charge in [-0.25, -0.2) is 10.1 Å². The molecule has 4 nitrogen and oxygen atoms in total. The van der Waals surface area contributed by atoms with Gasteiger partial charge in [0.05, 0.1) is 24.9 Å². The Morgan fingerprint density at radius 3 is 2.93 bits per heavy atom. The van der Waals surface area contributed by atoms with E-state index in [0.29, 0.717) is 0 Å². The van der Waals surface area contributed by atoms with E-state index in [0.717, 1.165) is 61.4 Å². The highest BCUT2D eigenvalue weighted by atomic mass is 16.5. The standard InChI is InChI=1S/C24H25N3O/c1-24(2)14-18(12-20(15-24)21(16-25)26-3)7-6-17-11-19-5-4-8-27-9-10-28-22(13-17)23(19)27/h6-7,11-13H,4-5,8-10,14-15H2,1-2H3/b7-6+,21-20-. The molecular weight excluding hydrogens is 346 g/mol. The second kappa shape index (κ2) is 7.21. The Kier molecular flexibility index (Phi) is 4.73. The van der Waals surface area contributed by atoms with E-state index in [1.807, 2.05) is 12.1 Å². The average molecular weight is 371 g/mol. The van der Waals surface area contributed by atoms with Crippen LogP contribution in [-0.4, -0.2) is 19.7 Å². The van der Waals surface area contributed by atoms with Crippen molar-refractivity contribution in [3.8, 4) is 11.8 Å². The van der Waals surface area contributed by atoms with Gasteiger partial charge in [-0.2, -0.15) is 0 Å². The molecule has 3 aliphatic rings. The minimum absolute atomic E-state index is 0.0437. The maximum Gasteiger partial charge on any atom is 0.265 e. The number of hydrogen-bond donors (Lipinski definition) is 0. The van der Waals surface area contributed by atoms with Crippen LogP contribution in [0.1, 0.15) is 44.2 Å². The maximum atomic E-state index is 9.25. The van der Waals surface area contributed by atoms with Crippen LogP contribution in [0.15, 0.2) is 41.1 Å². The predicted molar refractivity (Wildman–Crippen MR) is 112 cm³/mol. The van der Waals surface area contributed by atoms with E-state index >= 15 is 0 Å². The maximum absolute atomic E-state index is 9.25. The van der Waals surface area contributed by atoms with Crippen LogP contribution < -0.4 is 9.64 Å². The van der Waals surface area contributed by atoms with Crippen molar-refractivity contribution < 1.29 is 4.74 Å². The number of rotatable bonds is 2. The van der Waals surface area contributed by atoms with E-state index in [-0.39, 0.29) is 11.1 Å². The number of benzene rings is 1. The highest BCUT2D eigenvalue weighted by Crippen LogP contribution is 2.41. The fraction of sp³-hybridized carbons (Fsp3) is 0.417. The van der Waals surface area contributed by atoms with Gasteiger partial charge in [0.2, 0.25) is 0 Å². The van der Waals surface area contributed by atoms with Gasteiger partial charge < -0.3 is 9.64 Å². The minimum Gasteiger partial charge on any atom is -0.490 e. The van der Waals surface area contributed by atoms with Crippen molar-refractivity contribution in [2.45, 2.75) is 39.5 Å². The third-order valence-corrected chi connectivity index (χ3v) is 5.71. The fourth-order valence-corrected chi connectivity index (χ4v) is 4.59. The van der Waals surface area contributed by atoms with Gasteiger partial charge >= 0.3 is 0 Å². The Balaban J connectivity index is 1.67. The van der Waals surface area contributed by atoms with Crippen LogP contribution in [0, 0.1) is 23.3 Å². The summed E-state index contributed by atoms with van der Waals surface area (Å²) < 4.78 is 5.95. The molecule has 4 heteroatoms. The topological polar surface area (TPSA) is 40.6 Å². The van der Waals surface area contributed by atoms with Gasteiger partial charge in [0, 0.05) is 6.54 Å². The van der Waals surface area contributed by atoms with Crippen molar-refractivity contribution in [1.29, 1.82) is 5.26 Å². The first kappa shape index (κ1) is 18.4. The molecule has 0 fully saturated rings. The first-order valence-electron chi connectivity index (χ1n) is 9.93. The van der Waals surface area contributed by atoms with Crippen molar-refractivity contribution in [2.24, 2.45) is 5.41 Å². The molecule has 28 heavy (non-hydrogen) atoms. The molecule has 0 aromatic heterocycles. The van der Waals surface area contributed by atoms with Gasteiger partial charge in [-0.05, 0) is 65.5 Å². The zero-order valence-corrected chi connectivity index (χ0v) is 16.6. The van der Waals surface area contributed by atoms with Gasteiger partial charge in [0.25, 0.3) is 5.70 Å². The van der Waals surface area contributed by atoms with Crippen LogP contribution in [0.3, 0.4) is 0 Å². The van der Waals surface area contributed by atoms with E-state index < -0.39 is 0 Å². The first-order valence-corrected chi connectivity index (χ1v) is 9.93. The van der Waals surface area contributed by atoms with E-state index in [1.165, 1.54) is 17.7 Å². The van der Waals surface area contributed by atoms with E-state index in [2.05, 4.69) is 47.9 Å². The highest BCUT2D eigenvalue weighted by molar-refractivity contribution is 5.71. The van der Waals surface area contributed by atoms with Crippen LogP contribution in [0.25, 0.3) is 10.9 Å². The van der Waals surface area contributed by atoms with Crippen molar-refractivity contribution in [3.05, 3.63) is 63.7 Å². The molecule has 2 heterocycles. The molecule has 0 saturated heterocycles. The molecule has 0 bridgehead atoms. The van der Waals surface area contributed by atoms with Gasteiger partial charge in [-0.1, -0.05) is 32.1 Å². The Bertz CT molecular complexity index is 935. The molecule has 2 aliphatic heterocycles. The summed E-state index contributed by atoms with van der Waals surface area (Å²) in [6.45, 7) is 14.5. The summed E-state index contributed by atoms with van der Waals surface area (Å²) in [5.41, 5.74) is 6.09. The van der Waals surface area contributed by atoms with Crippen molar-refractivity contribution >= 4 is 11.8 Å². The zero-order valence-electron chi connectivity index (χ0n) is 16.6. The SMILES string of the molecule is [C-]#[N+]/C(C#N)=C1C=C(/C=C/c2cc3c4c(c2)OCCN4CCC3)CC(C)(C)C/1. The Hall–Kier alpha value is -2.98. The summed E-state index contributed by atoms with van der Waals surface area (Å²) in [4.78, 5) is 5.86. The van der Waals surface area contributed by atoms with Gasteiger partial charge in [-0.3, -0.25) is 0 Å².